The number of hydrogen-bond acceptors (Lipinski definition) is 4. The number of hydrogen-bond donors (Lipinski definition) is 1. The summed E-state index contributed by atoms with van der Waals surface area (Å²) in [6.07, 6.45) is 0. The number of benzene rings is 3. The van der Waals surface area contributed by atoms with Gasteiger partial charge < -0.3 is 0 Å². The van der Waals surface area contributed by atoms with Crippen LogP contribution in [-0.2, 0) is 0 Å². The molecule has 0 fully saturated rings. The lowest BCUT2D eigenvalue weighted by molar-refractivity contribution is 0.102. The minimum Gasteiger partial charge on any atom is -0.298 e. The summed E-state index contributed by atoms with van der Waals surface area (Å²) in [6.45, 7) is 2.11. The summed E-state index contributed by atoms with van der Waals surface area (Å²) in [7, 11) is 0. The molecule has 29 heavy (non-hydrogen) atoms. The lowest BCUT2D eigenvalue weighted by Crippen LogP contribution is -2.11. The van der Waals surface area contributed by atoms with Crippen LogP contribution in [0, 0.1) is 0 Å². The third kappa shape index (κ3) is 4.75. The van der Waals surface area contributed by atoms with Gasteiger partial charge in [-0.2, -0.15) is 0 Å². The highest BCUT2D eigenvalue weighted by Crippen LogP contribution is 2.28. The zero-order valence-corrected chi connectivity index (χ0v) is 17.6. The number of anilines is 1. The van der Waals surface area contributed by atoms with Crippen LogP contribution in [0.15, 0.2) is 89.1 Å². The fourth-order valence-corrected chi connectivity index (χ4v) is 4.34. The van der Waals surface area contributed by atoms with Gasteiger partial charge in [0.15, 0.2) is 5.13 Å². The van der Waals surface area contributed by atoms with Gasteiger partial charge in [-0.3, -0.25) is 10.1 Å². The molecule has 0 bridgehead atoms. The second-order valence-corrected chi connectivity index (χ2v) is 8.59. The van der Waals surface area contributed by atoms with Crippen LogP contribution in [0.3, 0.4) is 0 Å². The molecular formula is C24H20N2OS2. The predicted molar refractivity (Wildman–Crippen MR) is 124 cm³/mol. The number of thiazole rings is 1. The van der Waals surface area contributed by atoms with Gasteiger partial charge >= 0.3 is 0 Å². The summed E-state index contributed by atoms with van der Waals surface area (Å²) in [5.74, 6) is 0.873. The molecule has 144 valence electrons. The number of rotatable bonds is 6. The Balaban J connectivity index is 1.44. The average molecular weight is 417 g/mol. The quantitative estimate of drug-likeness (QED) is 0.350. The Hall–Kier alpha value is -2.89. The molecule has 1 heterocycles. The van der Waals surface area contributed by atoms with Gasteiger partial charge in [-0.15, -0.1) is 23.1 Å². The highest BCUT2D eigenvalue weighted by atomic mass is 32.2. The van der Waals surface area contributed by atoms with E-state index in [0.717, 1.165) is 17.0 Å². The smallest absolute Gasteiger partial charge is 0.257 e. The standard InChI is InChI=1S/C24H20N2OS2/c1-2-28-21-14-12-20(13-15-21)23(27)26-24-25-22(16-29-24)19-10-8-18(9-11-19)17-6-4-3-5-7-17/h3-16H,2H2,1H3,(H,25,26,27). The van der Waals surface area contributed by atoms with Crippen molar-refractivity contribution in [2.75, 3.05) is 11.1 Å². The molecule has 5 heteroatoms. The van der Waals surface area contributed by atoms with Crippen molar-refractivity contribution in [3.63, 3.8) is 0 Å². The Labute approximate surface area is 178 Å². The molecule has 4 rings (SSSR count). The molecule has 1 amide bonds. The van der Waals surface area contributed by atoms with Crippen LogP contribution in [0.1, 0.15) is 17.3 Å². The molecular weight excluding hydrogens is 396 g/mol. The van der Waals surface area contributed by atoms with Crippen molar-refractivity contribution >= 4 is 34.1 Å². The summed E-state index contributed by atoms with van der Waals surface area (Å²) < 4.78 is 0. The van der Waals surface area contributed by atoms with E-state index in [4.69, 9.17) is 0 Å². The first-order chi connectivity index (χ1) is 14.2. The van der Waals surface area contributed by atoms with Gasteiger partial charge in [-0.05, 0) is 41.1 Å². The van der Waals surface area contributed by atoms with E-state index in [2.05, 4.69) is 53.6 Å². The van der Waals surface area contributed by atoms with Crippen molar-refractivity contribution in [1.29, 1.82) is 0 Å². The maximum atomic E-state index is 12.5. The van der Waals surface area contributed by atoms with Crippen LogP contribution in [0.5, 0.6) is 0 Å². The summed E-state index contributed by atoms with van der Waals surface area (Å²) >= 11 is 3.19. The van der Waals surface area contributed by atoms with E-state index in [1.807, 2.05) is 47.8 Å². The van der Waals surface area contributed by atoms with Gasteiger partial charge in [0.25, 0.3) is 5.91 Å². The largest absolute Gasteiger partial charge is 0.298 e. The predicted octanol–water partition coefficient (Wildman–Crippen LogP) is 6.84. The van der Waals surface area contributed by atoms with E-state index in [1.54, 1.807) is 11.8 Å². The lowest BCUT2D eigenvalue weighted by Gasteiger charge is -2.04. The van der Waals surface area contributed by atoms with Crippen molar-refractivity contribution in [2.24, 2.45) is 0 Å². The molecule has 0 unspecified atom stereocenters. The number of carbonyl (C=O) groups is 1. The Morgan fingerprint density at radius 2 is 1.55 bits per heavy atom. The summed E-state index contributed by atoms with van der Waals surface area (Å²) in [5, 5.41) is 5.47. The van der Waals surface area contributed by atoms with Crippen LogP contribution in [0.2, 0.25) is 0 Å². The third-order valence-electron chi connectivity index (χ3n) is 4.44. The first-order valence-electron chi connectivity index (χ1n) is 9.38. The summed E-state index contributed by atoms with van der Waals surface area (Å²) in [6, 6.07) is 26.3. The first-order valence-corrected chi connectivity index (χ1v) is 11.2. The molecule has 0 saturated heterocycles. The second kappa shape index (κ2) is 9.07. The molecule has 0 spiro atoms. The molecule has 3 aromatic carbocycles. The molecule has 1 aromatic heterocycles. The highest BCUT2D eigenvalue weighted by molar-refractivity contribution is 7.99. The fourth-order valence-electron chi connectivity index (χ4n) is 2.97. The molecule has 3 nitrogen and oxygen atoms in total. The number of aromatic nitrogens is 1. The van der Waals surface area contributed by atoms with E-state index in [-0.39, 0.29) is 5.91 Å². The van der Waals surface area contributed by atoms with Gasteiger partial charge in [-0.1, -0.05) is 61.5 Å². The van der Waals surface area contributed by atoms with Crippen LogP contribution >= 0.6 is 23.1 Å². The van der Waals surface area contributed by atoms with Crippen LogP contribution in [-0.4, -0.2) is 16.6 Å². The lowest BCUT2D eigenvalue weighted by atomic mass is 10.0. The van der Waals surface area contributed by atoms with E-state index in [0.29, 0.717) is 10.7 Å². The van der Waals surface area contributed by atoms with E-state index in [1.165, 1.54) is 27.4 Å². The Bertz CT molecular complexity index is 1090. The fraction of sp³-hybridized carbons (Fsp3) is 0.0833. The van der Waals surface area contributed by atoms with E-state index in [9.17, 15) is 4.79 Å². The second-order valence-electron chi connectivity index (χ2n) is 6.39. The van der Waals surface area contributed by atoms with Gasteiger partial charge in [0, 0.05) is 21.4 Å². The van der Waals surface area contributed by atoms with Gasteiger partial charge in [-0.25, -0.2) is 4.98 Å². The number of nitrogens with one attached hydrogen (secondary N) is 1. The number of carbonyl (C=O) groups excluding carboxylic acids is 1. The molecule has 0 saturated carbocycles. The van der Waals surface area contributed by atoms with Crippen molar-refractivity contribution in [3.8, 4) is 22.4 Å². The maximum absolute atomic E-state index is 12.5. The molecule has 0 atom stereocenters. The Morgan fingerprint density at radius 1 is 0.897 bits per heavy atom. The van der Waals surface area contributed by atoms with Crippen molar-refractivity contribution < 1.29 is 4.79 Å². The Morgan fingerprint density at radius 3 is 2.24 bits per heavy atom. The summed E-state index contributed by atoms with van der Waals surface area (Å²) in [4.78, 5) is 18.2. The molecule has 0 aliphatic heterocycles. The SMILES string of the molecule is CCSc1ccc(C(=O)Nc2nc(-c3ccc(-c4ccccc4)cc3)cs2)cc1. The zero-order valence-electron chi connectivity index (χ0n) is 16.0. The Kier molecular flexibility index (Phi) is 6.08. The first kappa shape index (κ1) is 19.4. The molecule has 4 aromatic rings. The monoisotopic (exact) mass is 416 g/mol. The van der Waals surface area contributed by atoms with Crippen LogP contribution in [0.4, 0.5) is 5.13 Å². The van der Waals surface area contributed by atoms with Crippen molar-refractivity contribution in [1.82, 2.24) is 4.98 Å². The highest BCUT2D eigenvalue weighted by Gasteiger charge is 2.10. The van der Waals surface area contributed by atoms with E-state index >= 15 is 0 Å². The zero-order chi connectivity index (χ0) is 20.1. The topological polar surface area (TPSA) is 42.0 Å². The minimum atomic E-state index is -0.140. The number of nitrogens with zero attached hydrogens (tertiary/aromatic N) is 1. The normalized spacial score (nSPS) is 10.7. The third-order valence-corrected chi connectivity index (χ3v) is 6.09. The molecule has 0 aliphatic rings. The van der Waals surface area contributed by atoms with Gasteiger partial charge in [0.2, 0.25) is 0 Å². The number of amides is 1. The maximum Gasteiger partial charge on any atom is 0.257 e. The molecule has 0 radical (unpaired) electrons. The van der Waals surface area contributed by atoms with Crippen LogP contribution in [0.25, 0.3) is 22.4 Å². The average Bonchev–Trinajstić information content (AvgIpc) is 3.24. The van der Waals surface area contributed by atoms with Gasteiger partial charge in [0.05, 0.1) is 5.69 Å². The number of thioether (sulfide) groups is 1. The molecule has 0 aliphatic carbocycles. The van der Waals surface area contributed by atoms with Gasteiger partial charge in [0.1, 0.15) is 0 Å². The minimum absolute atomic E-state index is 0.140. The van der Waals surface area contributed by atoms with Crippen molar-refractivity contribution in [2.45, 2.75) is 11.8 Å². The van der Waals surface area contributed by atoms with Crippen molar-refractivity contribution in [3.05, 3.63) is 89.8 Å². The van der Waals surface area contributed by atoms with Crippen LogP contribution < -0.4 is 5.32 Å². The summed E-state index contributed by atoms with van der Waals surface area (Å²) in [5.41, 5.74) is 4.88. The van der Waals surface area contributed by atoms with E-state index < -0.39 is 0 Å². The molecule has 1 N–H and O–H groups in total.